The summed E-state index contributed by atoms with van der Waals surface area (Å²) < 4.78 is 19.5. The monoisotopic (exact) mass is 293 g/mol. The lowest BCUT2D eigenvalue weighted by Gasteiger charge is -2.37. The first kappa shape index (κ1) is 14.9. The first-order valence-corrected chi connectivity index (χ1v) is 7.98. The number of ether oxygens (including phenoxy) is 1. The van der Waals surface area contributed by atoms with Crippen LogP contribution in [-0.4, -0.2) is 29.9 Å². The molecule has 1 saturated heterocycles. The van der Waals surface area contributed by atoms with Crippen molar-refractivity contribution in [2.75, 3.05) is 13.2 Å². The quantitative estimate of drug-likeness (QED) is 0.897. The summed E-state index contributed by atoms with van der Waals surface area (Å²) in [5.74, 6) is -0.339. The van der Waals surface area contributed by atoms with Crippen LogP contribution in [0.15, 0.2) is 24.3 Å². The molecule has 3 nitrogen and oxygen atoms in total. The van der Waals surface area contributed by atoms with Crippen LogP contribution in [-0.2, 0) is 4.74 Å². The van der Waals surface area contributed by atoms with Crippen LogP contribution in [0.4, 0.5) is 4.39 Å². The smallest absolute Gasteiger partial charge is 0.129 e. The Morgan fingerprint density at radius 1 is 1.29 bits per heavy atom. The third-order valence-corrected chi connectivity index (χ3v) is 4.95. The normalized spacial score (nSPS) is 30.7. The van der Waals surface area contributed by atoms with Gasteiger partial charge in [0.05, 0.1) is 11.7 Å². The third-order valence-electron chi connectivity index (χ3n) is 4.95. The number of hydrogen-bond donors (Lipinski definition) is 2. The molecule has 1 heterocycles. The number of benzene rings is 1. The lowest BCUT2D eigenvalue weighted by atomic mass is 9.80. The summed E-state index contributed by atoms with van der Waals surface area (Å²) in [6.07, 6.45) is 5.93. The highest BCUT2D eigenvalue weighted by Crippen LogP contribution is 2.39. The number of rotatable bonds is 4. The Kier molecular flexibility index (Phi) is 4.57. The second-order valence-electron chi connectivity index (χ2n) is 6.35. The highest BCUT2D eigenvalue weighted by atomic mass is 19.1. The Labute approximate surface area is 125 Å². The molecule has 4 heteroatoms. The fourth-order valence-electron chi connectivity index (χ4n) is 3.63. The standard InChI is InChI=1S/C17H24FNO2/c18-15-5-2-1-4-14(15)16(20)12-19-13-6-9-17(10-7-13)8-3-11-21-17/h1-2,4-5,13,16,19-20H,3,6-12H2. The molecule has 0 bridgehead atoms. The van der Waals surface area contributed by atoms with Crippen molar-refractivity contribution in [1.29, 1.82) is 0 Å². The van der Waals surface area contributed by atoms with E-state index in [0.29, 0.717) is 18.2 Å². The Morgan fingerprint density at radius 3 is 2.71 bits per heavy atom. The summed E-state index contributed by atoms with van der Waals surface area (Å²) in [6, 6.07) is 6.83. The van der Waals surface area contributed by atoms with Crippen LogP contribution in [0.3, 0.4) is 0 Å². The topological polar surface area (TPSA) is 41.5 Å². The molecular weight excluding hydrogens is 269 g/mol. The number of aliphatic hydroxyl groups excluding tert-OH is 1. The van der Waals surface area contributed by atoms with Gasteiger partial charge >= 0.3 is 0 Å². The summed E-state index contributed by atoms with van der Waals surface area (Å²) in [6.45, 7) is 1.31. The van der Waals surface area contributed by atoms with Gasteiger partial charge in [-0.2, -0.15) is 0 Å². The Morgan fingerprint density at radius 2 is 2.05 bits per heavy atom. The SMILES string of the molecule is OC(CNC1CCC2(CCCO2)CC1)c1ccccc1F. The molecule has 1 aromatic carbocycles. The van der Waals surface area contributed by atoms with E-state index in [9.17, 15) is 9.50 Å². The first-order chi connectivity index (χ1) is 10.2. The van der Waals surface area contributed by atoms with E-state index in [2.05, 4.69) is 5.32 Å². The fourth-order valence-corrected chi connectivity index (χ4v) is 3.63. The Bertz CT molecular complexity index is 464. The third kappa shape index (κ3) is 3.44. The van der Waals surface area contributed by atoms with Crippen molar-refractivity contribution in [3.63, 3.8) is 0 Å². The summed E-state index contributed by atoms with van der Waals surface area (Å²) in [5.41, 5.74) is 0.513. The molecule has 3 rings (SSSR count). The number of hydrogen-bond acceptors (Lipinski definition) is 3. The highest BCUT2D eigenvalue weighted by Gasteiger charge is 2.38. The van der Waals surface area contributed by atoms with E-state index >= 15 is 0 Å². The van der Waals surface area contributed by atoms with E-state index in [-0.39, 0.29) is 11.4 Å². The summed E-state index contributed by atoms with van der Waals surface area (Å²) in [5, 5.41) is 13.5. The van der Waals surface area contributed by atoms with Crippen LogP contribution in [0.1, 0.15) is 50.2 Å². The first-order valence-electron chi connectivity index (χ1n) is 7.98. The van der Waals surface area contributed by atoms with Crippen molar-refractivity contribution in [3.8, 4) is 0 Å². The zero-order chi connectivity index (χ0) is 14.7. The molecule has 0 radical (unpaired) electrons. The van der Waals surface area contributed by atoms with Crippen LogP contribution in [0.2, 0.25) is 0 Å². The van der Waals surface area contributed by atoms with Crippen molar-refractivity contribution in [3.05, 3.63) is 35.6 Å². The average molecular weight is 293 g/mol. The molecule has 2 N–H and O–H groups in total. The molecule has 1 aliphatic carbocycles. The highest BCUT2D eigenvalue weighted by molar-refractivity contribution is 5.20. The van der Waals surface area contributed by atoms with Gasteiger partial charge in [0, 0.05) is 24.8 Å². The van der Waals surface area contributed by atoms with Crippen LogP contribution < -0.4 is 5.32 Å². The van der Waals surface area contributed by atoms with Crippen molar-refractivity contribution in [2.24, 2.45) is 0 Å². The largest absolute Gasteiger partial charge is 0.387 e. The lowest BCUT2D eigenvalue weighted by Crippen LogP contribution is -2.42. The van der Waals surface area contributed by atoms with E-state index in [1.54, 1.807) is 18.2 Å². The predicted octanol–water partition coefficient (Wildman–Crippen LogP) is 2.94. The van der Waals surface area contributed by atoms with Gasteiger partial charge in [-0.05, 0) is 44.6 Å². The number of halogens is 1. The van der Waals surface area contributed by atoms with Gasteiger partial charge in [0.25, 0.3) is 0 Å². The summed E-state index contributed by atoms with van der Waals surface area (Å²) >= 11 is 0. The van der Waals surface area contributed by atoms with E-state index in [0.717, 1.165) is 32.3 Å². The van der Waals surface area contributed by atoms with E-state index in [4.69, 9.17) is 4.74 Å². The van der Waals surface area contributed by atoms with E-state index in [1.807, 2.05) is 0 Å². The second kappa shape index (κ2) is 6.42. The van der Waals surface area contributed by atoms with Crippen molar-refractivity contribution >= 4 is 0 Å². The van der Waals surface area contributed by atoms with Crippen LogP contribution >= 0.6 is 0 Å². The maximum atomic E-state index is 13.6. The second-order valence-corrected chi connectivity index (χ2v) is 6.35. The Hall–Kier alpha value is -0.970. The average Bonchev–Trinajstić information content (AvgIpc) is 2.95. The molecule has 1 aliphatic heterocycles. The maximum Gasteiger partial charge on any atom is 0.129 e. The molecule has 1 spiro atoms. The fraction of sp³-hybridized carbons (Fsp3) is 0.647. The maximum absolute atomic E-state index is 13.6. The van der Waals surface area contributed by atoms with Gasteiger partial charge in [0.15, 0.2) is 0 Å². The molecule has 1 aromatic rings. The molecule has 116 valence electrons. The molecule has 0 amide bonds. The predicted molar refractivity (Wildman–Crippen MR) is 79.5 cm³/mol. The van der Waals surface area contributed by atoms with Crippen LogP contribution in [0.25, 0.3) is 0 Å². The molecule has 2 fully saturated rings. The minimum absolute atomic E-state index is 0.141. The molecule has 1 saturated carbocycles. The van der Waals surface area contributed by atoms with Crippen molar-refractivity contribution in [1.82, 2.24) is 5.32 Å². The molecule has 0 aromatic heterocycles. The van der Waals surface area contributed by atoms with Crippen molar-refractivity contribution < 1.29 is 14.2 Å². The molecular formula is C17H24FNO2. The van der Waals surface area contributed by atoms with E-state index < -0.39 is 6.10 Å². The zero-order valence-electron chi connectivity index (χ0n) is 12.4. The Balaban J connectivity index is 1.47. The minimum Gasteiger partial charge on any atom is -0.387 e. The number of aliphatic hydroxyl groups is 1. The van der Waals surface area contributed by atoms with Gasteiger partial charge < -0.3 is 15.2 Å². The van der Waals surface area contributed by atoms with Gasteiger partial charge in [-0.15, -0.1) is 0 Å². The molecule has 2 aliphatic rings. The summed E-state index contributed by atoms with van der Waals surface area (Å²) in [7, 11) is 0. The van der Waals surface area contributed by atoms with E-state index in [1.165, 1.54) is 18.9 Å². The molecule has 21 heavy (non-hydrogen) atoms. The van der Waals surface area contributed by atoms with Gasteiger partial charge in [-0.3, -0.25) is 0 Å². The van der Waals surface area contributed by atoms with Gasteiger partial charge in [-0.25, -0.2) is 4.39 Å². The van der Waals surface area contributed by atoms with Gasteiger partial charge in [0.1, 0.15) is 5.82 Å². The molecule has 1 unspecified atom stereocenters. The molecule has 1 atom stereocenters. The van der Waals surface area contributed by atoms with Crippen molar-refractivity contribution in [2.45, 2.75) is 56.3 Å². The lowest BCUT2D eigenvalue weighted by molar-refractivity contribution is -0.0307. The van der Waals surface area contributed by atoms with Crippen LogP contribution in [0, 0.1) is 5.82 Å². The van der Waals surface area contributed by atoms with Crippen LogP contribution in [0.5, 0.6) is 0 Å². The minimum atomic E-state index is -0.787. The zero-order valence-corrected chi connectivity index (χ0v) is 12.4. The number of nitrogens with one attached hydrogen (secondary N) is 1. The van der Waals surface area contributed by atoms with Gasteiger partial charge in [0.2, 0.25) is 0 Å². The summed E-state index contributed by atoms with van der Waals surface area (Å²) in [4.78, 5) is 0. The van der Waals surface area contributed by atoms with Gasteiger partial charge in [-0.1, -0.05) is 18.2 Å².